The molecule has 1 aromatic rings. The number of unbranched alkanes of at least 4 members (excludes halogenated alkanes) is 1. The molecular formula is C13H23ClN2O2S. The molecule has 0 amide bonds. The molecule has 0 atom stereocenters. The van der Waals surface area contributed by atoms with Gasteiger partial charge in [0.1, 0.15) is 0 Å². The summed E-state index contributed by atoms with van der Waals surface area (Å²) in [6, 6.07) is 7.07. The van der Waals surface area contributed by atoms with E-state index in [1.807, 2.05) is 12.1 Å². The Morgan fingerprint density at radius 1 is 1.16 bits per heavy atom. The summed E-state index contributed by atoms with van der Waals surface area (Å²) in [7, 11) is -3.36. The summed E-state index contributed by atoms with van der Waals surface area (Å²) in [5, 5.41) is 0. The Morgan fingerprint density at radius 2 is 1.79 bits per heavy atom. The quantitative estimate of drug-likeness (QED) is 0.722. The molecule has 19 heavy (non-hydrogen) atoms. The Hall–Kier alpha value is -0.620. The minimum atomic E-state index is -3.36. The van der Waals surface area contributed by atoms with Gasteiger partial charge in [0.05, 0.1) is 4.90 Å². The molecule has 0 fully saturated rings. The largest absolute Gasteiger partial charge is 0.330 e. The van der Waals surface area contributed by atoms with E-state index in [-0.39, 0.29) is 12.4 Å². The Morgan fingerprint density at radius 3 is 2.32 bits per heavy atom. The second-order valence-corrected chi connectivity index (χ2v) is 6.05. The van der Waals surface area contributed by atoms with Crippen molar-refractivity contribution in [1.29, 1.82) is 0 Å². The van der Waals surface area contributed by atoms with Crippen LogP contribution in [0.3, 0.4) is 0 Å². The van der Waals surface area contributed by atoms with E-state index in [9.17, 15) is 8.42 Å². The lowest BCUT2D eigenvalue weighted by Gasteiger charge is -2.07. The summed E-state index contributed by atoms with van der Waals surface area (Å²) in [5.74, 6) is 0. The van der Waals surface area contributed by atoms with Crippen LogP contribution in [0.1, 0.15) is 31.7 Å². The predicted molar refractivity (Wildman–Crippen MR) is 81.2 cm³/mol. The highest BCUT2D eigenvalue weighted by Crippen LogP contribution is 2.11. The summed E-state index contributed by atoms with van der Waals surface area (Å²) < 4.78 is 26.4. The van der Waals surface area contributed by atoms with Gasteiger partial charge in [0.2, 0.25) is 10.0 Å². The monoisotopic (exact) mass is 306 g/mol. The summed E-state index contributed by atoms with van der Waals surface area (Å²) in [6.45, 7) is 3.13. The number of hydrogen-bond donors (Lipinski definition) is 2. The van der Waals surface area contributed by atoms with Crippen molar-refractivity contribution in [1.82, 2.24) is 4.72 Å². The van der Waals surface area contributed by atoms with E-state index in [1.54, 1.807) is 12.1 Å². The summed E-state index contributed by atoms with van der Waals surface area (Å²) in [4.78, 5) is 0.329. The lowest BCUT2D eigenvalue weighted by molar-refractivity contribution is 0.577. The topological polar surface area (TPSA) is 72.2 Å². The summed E-state index contributed by atoms with van der Waals surface area (Å²) >= 11 is 0. The fourth-order valence-electron chi connectivity index (χ4n) is 1.68. The molecule has 110 valence electrons. The summed E-state index contributed by atoms with van der Waals surface area (Å²) in [6.07, 6.45) is 3.63. The zero-order valence-corrected chi connectivity index (χ0v) is 12.9. The number of nitrogens with two attached hydrogens (primary N) is 1. The van der Waals surface area contributed by atoms with Crippen LogP contribution in [-0.4, -0.2) is 21.5 Å². The zero-order chi connectivity index (χ0) is 13.4. The van der Waals surface area contributed by atoms with Gasteiger partial charge >= 0.3 is 0 Å². The standard InChI is InChI=1S/C13H22N2O2S.ClH/c1-2-5-12-6-8-13(9-7-12)18(16,17)15-11-4-3-10-14;/h6-9,15H,2-5,10-11,14H2,1H3;1H. The van der Waals surface area contributed by atoms with Crippen molar-refractivity contribution in [2.45, 2.75) is 37.5 Å². The van der Waals surface area contributed by atoms with Crippen molar-refractivity contribution in [2.75, 3.05) is 13.1 Å². The van der Waals surface area contributed by atoms with E-state index in [2.05, 4.69) is 11.6 Å². The molecule has 0 saturated heterocycles. The maximum atomic E-state index is 11.9. The second kappa shape index (κ2) is 9.31. The number of benzene rings is 1. The van der Waals surface area contributed by atoms with Crippen LogP contribution in [0.25, 0.3) is 0 Å². The van der Waals surface area contributed by atoms with Gasteiger partial charge in [-0.3, -0.25) is 0 Å². The van der Waals surface area contributed by atoms with E-state index >= 15 is 0 Å². The summed E-state index contributed by atoms with van der Waals surface area (Å²) in [5.41, 5.74) is 6.52. The van der Waals surface area contributed by atoms with Gasteiger partial charge in [-0.05, 0) is 43.5 Å². The Balaban J connectivity index is 0.00000324. The van der Waals surface area contributed by atoms with Crippen molar-refractivity contribution in [3.63, 3.8) is 0 Å². The van der Waals surface area contributed by atoms with Gasteiger partial charge in [0.15, 0.2) is 0 Å². The molecule has 3 N–H and O–H groups in total. The number of hydrogen-bond acceptors (Lipinski definition) is 3. The number of sulfonamides is 1. The van der Waals surface area contributed by atoms with Crippen LogP contribution >= 0.6 is 12.4 Å². The van der Waals surface area contributed by atoms with E-state index in [0.717, 1.165) is 25.7 Å². The van der Waals surface area contributed by atoms with Crippen molar-refractivity contribution < 1.29 is 8.42 Å². The molecule has 0 aliphatic carbocycles. The Bertz CT molecular complexity index is 446. The molecule has 0 spiro atoms. The average Bonchev–Trinajstić information content (AvgIpc) is 2.36. The average molecular weight is 307 g/mol. The van der Waals surface area contributed by atoms with Gasteiger partial charge in [-0.1, -0.05) is 25.5 Å². The number of nitrogens with one attached hydrogen (secondary N) is 1. The van der Waals surface area contributed by atoms with Gasteiger partial charge in [-0.25, -0.2) is 13.1 Å². The maximum Gasteiger partial charge on any atom is 0.240 e. The number of aryl methyl sites for hydroxylation is 1. The zero-order valence-electron chi connectivity index (χ0n) is 11.3. The van der Waals surface area contributed by atoms with Crippen LogP contribution in [0.5, 0.6) is 0 Å². The third-order valence-electron chi connectivity index (χ3n) is 2.70. The SMILES string of the molecule is CCCc1ccc(S(=O)(=O)NCCCCN)cc1.Cl. The number of halogens is 1. The van der Waals surface area contributed by atoms with Gasteiger partial charge in [0.25, 0.3) is 0 Å². The minimum Gasteiger partial charge on any atom is -0.330 e. The molecule has 0 radical (unpaired) electrons. The van der Waals surface area contributed by atoms with Crippen LogP contribution in [0.15, 0.2) is 29.2 Å². The van der Waals surface area contributed by atoms with Crippen LogP contribution < -0.4 is 10.5 Å². The molecule has 0 aliphatic heterocycles. The molecule has 0 saturated carbocycles. The van der Waals surface area contributed by atoms with E-state index < -0.39 is 10.0 Å². The van der Waals surface area contributed by atoms with E-state index in [1.165, 1.54) is 5.56 Å². The highest BCUT2D eigenvalue weighted by atomic mass is 35.5. The van der Waals surface area contributed by atoms with Gasteiger partial charge in [-0.2, -0.15) is 0 Å². The first kappa shape index (κ1) is 18.4. The third kappa shape index (κ3) is 6.38. The molecule has 0 aromatic heterocycles. The van der Waals surface area contributed by atoms with Crippen molar-refractivity contribution in [2.24, 2.45) is 5.73 Å². The highest BCUT2D eigenvalue weighted by molar-refractivity contribution is 7.89. The molecule has 1 aromatic carbocycles. The van der Waals surface area contributed by atoms with Gasteiger partial charge in [-0.15, -0.1) is 12.4 Å². The first-order chi connectivity index (χ1) is 8.60. The maximum absolute atomic E-state index is 11.9. The fourth-order valence-corrected chi connectivity index (χ4v) is 2.76. The highest BCUT2D eigenvalue weighted by Gasteiger charge is 2.12. The number of rotatable bonds is 8. The lowest BCUT2D eigenvalue weighted by Crippen LogP contribution is -2.25. The fraction of sp³-hybridized carbons (Fsp3) is 0.538. The first-order valence-electron chi connectivity index (χ1n) is 6.39. The first-order valence-corrected chi connectivity index (χ1v) is 7.87. The van der Waals surface area contributed by atoms with Gasteiger partial charge in [0, 0.05) is 6.54 Å². The molecule has 1 rings (SSSR count). The van der Waals surface area contributed by atoms with Crippen LogP contribution in [0.2, 0.25) is 0 Å². The Kier molecular flexibility index (Phi) is 9.01. The van der Waals surface area contributed by atoms with E-state index in [0.29, 0.717) is 18.0 Å². The smallest absolute Gasteiger partial charge is 0.240 e. The molecule has 4 nitrogen and oxygen atoms in total. The van der Waals surface area contributed by atoms with Crippen LogP contribution in [0.4, 0.5) is 0 Å². The Labute approximate surface area is 122 Å². The van der Waals surface area contributed by atoms with Crippen molar-refractivity contribution >= 4 is 22.4 Å². The molecule has 0 aliphatic rings. The van der Waals surface area contributed by atoms with Crippen LogP contribution in [-0.2, 0) is 16.4 Å². The molecule has 0 heterocycles. The van der Waals surface area contributed by atoms with Gasteiger partial charge < -0.3 is 5.73 Å². The van der Waals surface area contributed by atoms with Crippen molar-refractivity contribution in [3.05, 3.63) is 29.8 Å². The molecular weight excluding hydrogens is 284 g/mol. The lowest BCUT2D eigenvalue weighted by atomic mass is 10.1. The normalized spacial score (nSPS) is 11.1. The predicted octanol–water partition coefficient (Wildman–Crippen LogP) is 2.08. The minimum absolute atomic E-state index is 0. The molecule has 6 heteroatoms. The molecule has 0 unspecified atom stereocenters. The third-order valence-corrected chi connectivity index (χ3v) is 4.17. The van der Waals surface area contributed by atoms with E-state index in [4.69, 9.17) is 5.73 Å². The van der Waals surface area contributed by atoms with Crippen LogP contribution in [0, 0.1) is 0 Å². The second-order valence-electron chi connectivity index (χ2n) is 4.29. The van der Waals surface area contributed by atoms with Crippen molar-refractivity contribution in [3.8, 4) is 0 Å². The molecule has 0 bridgehead atoms.